The third kappa shape index (κ3) is 5.08. The largest absolute Gasteiger partial charge is 0.355 e. The van der Waals surface area contributed by atoms with E-state index in [0.717, 1.165) is 58.3 Å². The molecule has 3 heterocycles. The zero-order valence-electron chi connectivity index (χ0n) is 17.4. The van der Waals surface area contributed by atoms with E-state index in [4.69, 9.17) is 0 Å². The second-order valence-electron chi connectivity index (χ2n) is 8.35. The predicted octanol–water partition coefficient (Wildman–Crippen LogP) is 2.09. The van der Waals surface area contributed by atoms with Crippen molar-refractivity contribution in [3.8, 4) is 0 Å². The van der Waals surface area contributed by atoms with Crippen LogP contribution in [0, 0.1) is 5.92 Å². The Labute approximate surface area is 177 Å². The quantitative estimate of drug-likeness (QED) is 0.766. The lowest BCUT2D eigenvalue weighted by atomic mass is 9.93. The molecule has 0 spiro atoms. The Bertz CT molecular complexity index is 815. The minimum atomic E-state index is 0.0280. The molecule has 2 aliphatic rings. The minimum absolute atomic E-state index is 0.0280. The zero-order valence-corrected chi connectivity index (χ0v) is 17.4. The van der Waals surface area contributed by atoms with Gasteiger partial charge >= 0.3 is 0 Å². The van der Waals surface area contributed by atoms with Crippen molar-refractivity contribution < 1.29 is 9.59 Å². The fraction of sp³-hybridized carbons (Fsp3) is 0.522. The van der Waals surface area contributed by atoms with Gasteiger partial charge in [-0.1, -0.05) is 30.3 Å². The number of rotatable bonds is 6. The van der Waals surface area contributed by atoms with Crippen LogP contribution in [0.25, 0.3) is 0 Å². The second-order valence-corrected chi connectivity index (χ2v) is 8.35. The van der Waals surface area contributed by atoms with E-state index in [1.807, 2.05) is 23.1 Å². The summed E-state index contributed by atoms with van der Waals surface area (Å²) in [6, 6.07) is 12.4. The van der Waals surface area contributed by atoms with Gasteiger partial charge < -0.3 is 10.2 Å². The van der Waals surface area contributed by atoms with Crippen LogP contribution in [0.15, 0.2) is 42.6 Å². The molecule has 1 aromatic carbocycles. The second kappa shape index (κ2) is 9.89. The number of nitrogens with zero attached hydrogens (tertiary/aromatic N) is 3. The van der Waals surface area contributed by atoms with Crippen molar-refractivity contribution in [3.05, 3.63) is 53.9 Å². The molecule has 2 N–H and O–H groups in total. The van der Waals surface area contributed by atoms with Gasteiger partial charge in [0.05, 0.1) is 5.92 Å². The van der Waals surface area contributed by atoms with E-state index in [-0.39, 0.29) is 17.7 Å². The summed E-state index contributed by atoms with van der Waals surface area (Å²) in [6.45, 7) is 4.08. The van der Waals surface area contributed by atoms with Crippen molar-refractivity contribution in [1.82, 2.24) is 25.3 Å². The van der Waals surface area contributed by atoms with Crippen molar-refractivity contribution in [1.29, 1.82) is 0 Å². The Morgan fingerprint density at radius 1 is 1.07 bits per heavy atom. The molecule has 2 aliphatic heterocycles. The van der Waals surface area contributed by atoms with Gasteiger partial charge in [-0.15, -0.1) is 0 Å². The highest BCUT2D eigenvalue weighted by atomic mass is 16.2. The molecule has 1 unspecified atom stereocenters. The van der Waals surface area contributed by atoms with Gasteiger partial charge in [0.25, 0.3) is 5.91 Å². The molecule has 0 radical (unpaired) electrons. The van der Waals surface area contributed by atoms with Crippen molar-refractivity contribution in [2.24, 2.45) is 5.92 Å². The third-order valence-electron chi connectivity index (χ3n) is 6.38. The monoisotopic (exact) mass is 409 g/mol. The number of nitrogens with one attached hydrogen (secondary N) is 2. The number of likely N-dealkylation sites (tertiary alicyclic amines) is 2. The highest BCUT2D eigenvalue weighted by Gasteiger charge is 2.32. The number of aromatic amines is 1. The topological polar surface area (TPSA) is 81.3 Å². The van der Waals surface area contributed by atoms with E-state index < -0.39 is 0 Å². The standard InChI is InChI=1S/C23H31N5O2/c29-22(24-12-8-18-5-2-1-3-6-18)19-7-4-14-28(17-19)20-10-15-27(16-11-20)23(30)21-9-13-25-26-21/h1-3,5-6,9,13,19-20H,4,7-8,10-12,14-17H2,(H,24,29)(H,25,26). The van der Waals surface area contributed by atoms with Crippen LogP contribution in [0.2, 0.25) is 0 Å². The first-order valence-electron chi connectivity index (χ1n) is 11.0. The maximum absolute atomic E-state index is 12.7. The van der Waals surface area contributed by atoms with Gasteiger partial charge in [0.15, 0.2) is 0 Å². The molecule has 0 aliphatic carbocycles. The average molecular weight is 410 g/mol. The van der Waals surface area contributed by atoms with Crippen LogP contribution >= 0.6 is 0 Å². The normalized spacial score (nSPS) is 20.8. The summed E-state index contributed by atoms with van der Waals surface area (Å²) in [6.07, 6.45) is 6.42. The lowest BCUT2D eigenvalue weighted by Gasteiger charge is -2.42. The third-order valence-corrected chi connectivity index (χ3v) is 6.38. The van der Waals surface area contributed by atoms with Gasteiger partial charge in [0, 0.05) is 38.4 Å². The molecule has 2 aromatic rings. The summed E-state index contributed by atoms with van der Waals surface area (Å²) in [4.78, 5) is 29.5. The number of hydrogen-bond acceptors (Lipinski definition) is 4. The summed E-state index contributed by atoms with van der Waals surface area (Å²) in [5.74, 6) is 0.280. The number of aromatic nitrogens is 2. The van der Waals surface area contributed by atoms with E-state index in [2.05, 4.69) is 32.5 Å². The molecular formula is C23H31N5O2. The molecule has 2 fully saturated rings. The van der Waals surface area contributed by atoms with E-state index in [0.29, 0.717) is 18.3 Å². The first-order valence-corrected chi connectivity index (χ1v) is 11.0. The molecule has 2 amide bonds. The van der Waals surface area contributed by atoms with Gasteiger partial charge in [0.1, 0.15) is 5.69 Å². The minimum Gasteiger partial charge on any atom is -0.355 e. The number of hydrogen-bond donors (Lipinski definition) is 2. The molecule has 7 heteroatoms. The molecule has 2 saturated heterocycles. The van der Waals surface area contributed by atoms with Crippen LogP contribution < -0.4 is 5.32 Å². The molecule has 7 nitrogen and oxygen atoms in total. The summed E-state index contributed by atoms with van der Waals surface area (Å²) in [7, 11) is 0. The zero-order chi connectivity index (χ0) is 20.8. The molecule has 0 saturated carbocycles. The van der Waals surface area contributed by atoms with Gasteiger partial charge in [-0.3, -0.25) is 19.6 Å². The number of H-pyrrole nitrogens is 1. The summed E-state index contributed by atoms with van der Waals surface area (Å²) < 4.78 is 0. The number of carbonyl (C=O) groups is 2. The maximum atomic E-state index is 12.7. The van der Waals surface area contributed by atoms with Crippen LogP contribution in [0.5, 0.6) is 0 Å². The van der Waals surface area contributed by atoms with Gasteiger partial charge in [0.2, 0.25) is 5.91 Å². The average Bonchev–Trinajstić information content (AvgIpc) is 3.34. The van der Waals surface area contributed by atoms with Crippen LogP contribution in [-0.4, -0.2) is 70.6 Å². The molecule has 1 atom stereocenters. The smallest absolute Gasteiger partial charge is 0.271 e. The van der Waals surface area contributed by atoms with Crippen LogP contribution in [0.3, 0.4) is 0 Å². The molecule has 160 valence electrons. The Kier molecular flexibility index (Phi) is 6.79. The Morgan fingerprint density at radius 3 is 2.60 bits per heavy atom. The van der Waals surface area contributed by atoms with Crippen LogP contribution in [-0.2, 0) is 11.2 Å². The Morgan fingerprint density at radius 2 is 1.87 bits per heavy atom. The van der Waals surface area contributed by atoms with E-state index >= 15 is 0 Å². The van der Waals surface area contributed by atoms with Crippen LogP contribution in [0.4, 0.5) is 0 Å². The molecule has 0 bridgehead atoms. The highest BCUT2D eigenvalue weighted by Crippen LogP contribution is 2.24. The lowest BCUT2D eigenvalue weighted by molar-refractivity contribution is -0.127. The van der Waals surface area contributed by atoms with Crippen LogP contribution in [0.1, 0.15) is 41.7 Å². The fourth-order valence-electron chi connectivity index (χ4n) is 4.65. The SMILES string of the molecule is O=C(NCCc1ccccc1)C1CCCN(C2CCN(C(=O)c3ccn[nH]3)CC2)C1. The Balaban J connectivity index is 1.22. The highest BCUT2D eigenvalue weighted by molar-refractivity contribution is 5.92. The van der Waals surface area contributed by atoms with Crippen molar-refractivity contribution in [2.75, 3.05) is 32.7 Å². The summed E-state index contributed by atoms with van der Waals surface area (Å²) in [5.41, 5.74) is 1.80. The number of amides is 2. The van der Waals surface area contributed by atoms with E-state index in [1.165, 1.54) is 5.56 Å². The predicted molar refractivity (Wildman–Crippen MR) is 115 cm³/mol. The molecule has 1 aromatic heterocycles. The summed E-state index contributed by atoms with van der Waals surface area (Å²) in [5, 5.41) is 9.76. The van der Waals surface area contributed by atoms with Crippen molar-refractivity contribution >= 4 is 11.8 Å². The van der Waals surface area contributed by atoms with Gasteiger partial charge in [-0.25, -0.2) is 0 Å². The molecule has 30 heavy (non-hydrogen) atoms. The number of benzene rings is 1. The van der Waals surface area contributed by atoms with E-state index in [1.54, 1.807) is 12.3 Å². The maximum Gasteiger partial charge on any atom is 0.271 e. The number of carbonyl (C=O) groups excluding carboxylic acids is 2. The first kappa shape index (κ1) is 20.6. The fourth-order valence-corrected chi connectivity index (χ4v) is 4.65. The number of piperidine rings is 2. The van der Waals surface area contributed by atoms with Gasteiger partial charge in [-0.2, -0.15) is 5.10 Å². The molecule has 4 rings (SSSR count). The van der Waals surface area contributed by atoms with E-state index in [9.17, 15) is 9.59 Å². The van der Waals surface area contributed by atoms with Crippen molar-refractivity contribution in [3.63, 3.8) is 0 Å². The summed E-state index contributed by atoms with van der Waals surface area (Å²) >= 11 is 0. The van der Waals surface area contributed by atoms with Gasteiger partial charge in [-0.05, 0) is 50.3 Å². The first-order chi connectivity index (χ1) is 14.7. The Hall–Kier alpha value is -2.67. The lowest BCUT2D eigenvalue weighted by Crippen LogP contribution is -2.51. The molecular weight excluding hydrogens is 378 g/mol. The van der Waals surface area contributed by atoms with Crippen molar-refractivity contribution in [2.45, 2.75) is 38.1 Å².